The zero-order valence-corrected chi connectivity index (χ0v) is 12.9. The van der Waals surface area contributed by atoms with Crippen molar-refractivity contribution in [3.05, 3.63) is 76.3 Å². The van der Waals surface area contributed by atoms with Crippen LogP contribution in [-0.2, 0) is 6.54 Å². The fourth-order valence-electron chi connectivity index (χ4n) is 2.33. The van der Waals surface area contributed by atoms with E-state index >= 15 is 0 Å². The van der Waals surface area contributed by atoms with Crippen molar-refractivity contribution in [2.24, 2.45) is 0 Å². The Morgan fingerprint density at radius 2 is 1.70 bits per heavy atom. The Hall–Kier alpha value is -1.80. The molecule has 3 rings (SSSR count). The summed E-state index contributed by atoms with van der Waals surface area (Å²) in [4.78, 5) is 0. The van der Waals surface area contributed by atoms with Crippen LogP contribution >= 0.6 is 15.9 Å². The van der Waals surface area contributed by atoms with E-state index in [9.17, 15) is 0 Å². The van der Waals surface area contributed by atoms with Crippen LogP contribution in [0, 0.1) is 6.92 Å². The molecule has 20 heavy (non-hydrogen) atoms. The van der Waals surface area contributed by atoms with E-state index in [0.29, 0.717) is 0 Å². The van der Waals surface area contributed by atoms with E-state index in [1.807, 2.05) is 0 Å². The second-order valence-corrected chi connectivity index (χ2v) is 5.91. The van der Waals surface area contributed by atoms with Crippen LogP contribution in [0.2, 0.25) is 0 Å². The number of nitrogens with one attached hydrogen (secondary N) is 1. The van der Waals surface area contributed by atoms with E-state index in [-0.39, 0.29) is 0 Å². The average molecular weight is 326 g/mol. The van der Waals surface area contributed by atoms with Crippen molar-refractivity contribution < 1.29 is 0 Å². The molecular formula is C18H16BrN. The van der Waals surface area contributed by atoms with Crippen LogP contribution in [0.4, 0.5) is 5.69 Å². The van der Waals surface area contributed by atoms with Crippen molar-refractivity contribution in [1.82, 2.24) is 0 Å². The molecule has 3 aromatic carbocycles. The quantitative estimate of drug-likeness (QED) is 0.668. The molecule has 2 heteroatoms. The first-order valence-corrected chi connectivity index (χ1v) is 7.49. The molecular weight excluding hydrogens is 310 g/mol. The summed E-state index contributed by atoms with van der Waals surface area (Å²) in [5.74, 6) is 0. The summed E-state index contributed by atoms with van der Waals surface area (Å²) in [7, 11) is 0. The third-order valence-corrected chi connectivity index (χ3v) is 3.99. The lowest BCUT2D eigenvalue weighted by atomic mass is 10.1. The number of aryl methyl sites for hydroxylation is 1. The predicted octanol–water partition coefficient (Wildman–Crippen LogP) is 5.52. The molecule has 0 spiro atoms. The summed E-state index contributed by atoms with van der Waals surface area (Å²) in [6.45, 7) is 2.96. The summed E-state index contributed by atoms with van der Waals surface area (Å²) >= 11 is 3.52. The lowest BCUT2D eigenvalue weighted by Gasteiger charge is -2.10. The monoisotopic (exact) mass is 325 g/mol. The third kappa shape index (κ3) is 2.86. The number of hydrogen-bond acceptors (Lipinski definition) is 1. The number of benzene rings is 3. The first-order valence-electron chi connectivity index (χ1n) is 6.70. The zero-order valence-electron chi connectivity index (χ0n) is 11.4. The predicted molar refractivity (Wildman–Crippen MR) is 90.2 cm³/mol. The Morgan fingerprint density at radius 3 is 2.55 bits per heavy atom. The van der Waals surface area contributed by atoms with Gasteiger partial charge in [0.1, 0.15) is 0 Å². The molecule has 1 nitrogen and oxygen atoms in total. The molecule has 3 aromatic rings. The molecule has 0 unspecified atom stereocenters. The van der Waals surface area contributed by atoms with Gasteiger partial charge in [-0.15, -0.1) is 0 Å². The highest BCUT2D eigenvalue weighted by Gasteiger charge is 2.00. The molecule has 0 aliphatic rings. The minimum atomic E-state index is 0.835. The Morgan fingerprint density at radius 1 is 0.900 bits per heavy atom. The summed E-state index contributed by atoms with van der Waals surface area (Å²) in [6, 6.07) is 21.4. The minimum absolute atomic E-state index is 0.835. The van der Waals surface area contributed by atoms with Gasteiger partial charge in [-0.1, -0.05) is 58.4 Å². The fourth-order valence-corrected chi connectivity index (χ4v) is 2.69. The Balaban J connectivity index is 1.81. The Kier molecular flexibility index (Phi) is 3.75. The largest absolute Gasteiger partial charge is 0.381 e. The molecule has 0 saturated heterocycles. The summed E-state index contributed by atoms with van der Waals surface area (Å²) in [6.07, 6.45) is 0. The van der Waals surface area contributed by atoms with E-state index in [0.717, 1.165) is 11.0 Å². The molecule has 0 radical (unpaired) electrons. The van der Waals surface area contributed by atoms with Crippen molar-refractivity contribution >= 4 is 32.4 Å². The maximum atomic E-state index is 3.52. The number of anilines is 1. The smallest absolute Gasteiger partial charge is 0.0401 e. The first kappa shape index (κ1) is 13.2. The van der Waals surface area contributed by atoms with Crippen LogP contribution in [0.1, 0.15) is 11.1 Å². The highest BCUT2D eigenvalue weighted by molar-refractivity contribution is 9.10. The number of fused-ring (bicyclic) bond motifs is 1. The van der Waals surface area contributed by atoms with E-state index < -0.39 is 0 Å². The lowest BCUT2D eigenvalue weighted by Crippen LogP contribution is -2.00. The van der Waals surface area contributed by atoms with Crippen LogP contribution in [0.15, 0.2) is 65.1 Å². The second kappa shape index (κ2) is 5.68. The maximum absolute atomic E-state index is 3.52. The summed E-state index contributed by atoms with van der Waals surface area (Å²) < 4.78 is 1.10. The van der Waals surface area contributed by atoms with Gasteiger partial charge in [-0.25, -0.2) is 0 Å². The van der Waals surface area contributed by atoms with Crippen LogP contribution < -0.4 is 5.32 Å². The third-order valence-electron chi connectivity index (χ3n) is 3.50. The van der Waals surface area contributed by atoms with Crippen molar-refractivity contribution in [3.63, 3.8) is 0 Å². The standard InChI is InChI=1S/C18H16BrN/c1-13-6-9-17(19)11-18(13)20-12-14-7-8-15-4-2-3-5-16(15)10-14/h2-11,20H,12H2,1H3. The van der Waals surface area contributed by atoms with Gasteiger partial charge in [-0.3, -0.25) is 0 Å². The van der Waals surface area contributed by atoms with Crippen molar-refractivity contribution in [1.29, 1.82) is 0 Å². The van der Waals surface area contributed by atoms with Gasteiger partial charge in [0, 0.05) is 16.7 Å². The van der Waals surface area contributed by atoms with Gasteiger partial charge in [0.2, 0.25) is 0 Å². The molecule has 0 heterocycles. The van der Waals surface area contributed by atoms with Gasteiger partial charge in [-0.05, 0) is 47.0 Å². The average Bonchev–Trinajstić information content (AvgIpc) is 2.48. The zero-order chi connectivity index (χ0) is 13.9. The molecule has 100 valence electrons. The van der Waals surface area contributed by atoms with E-state index in [2.05, 4.69) is 88.8 Å². The second-order valence-electron chi connectivity index (χ2n) is 4.99. The topological polar surface area (TPSA) is 12.0 Å². The van der Waals surface area contributed by atoms with E-state index in [1.54, 1.807) is 0 Å². The summed E-state index contributed by atoms with van der Waals surface area (Å²) in [5.41, 5.74) is 3.73. The molecule has 0 amide bonds. The van der Waals surface area contributed by atoms with Crippen LogP contribution in [-0.4, -0.2) is 0 Å². The lowest BCUT2D eigenvalue weighted by molar-refractivity contribution is 1.14. The number of hydrogen-bond donors (Lipinski definition) is 1. The molecule has 0 fully saturated rings. The minimum Gasteiger partial charge on any atom is -0.381 e. The molecule has 0 aliphatic carbocycles. The number of rotatable bonds is 3. The van der Waals surface area contributed by atoms with Gasteiger partial charge in [0.15, 0.2) is 0 Å². The normalized spacial score (nSPS) is 10.7. The highest BCUT2D eigenvalue weighted by atomic mass is 79.9. The van der Waals surface area contributed by atoms with Gasteiger partial charge in [0.25, 0.3) is 0 Å². The van der Waals surface area contributed by atoms with Gasteiger partial charge in [-0.2, -0.15) is 0 Å². The molecule has 0 saturated carbocycles. The van der Waals surface area contributed by atoms with E-state index in [4.69, 9.17) is 0 Å². The highest BCUT2D eigenvalue weighted by Crippen LogP contribution is 2.22. The summed E-state index contributed by atoms with van der Waals surface area (Å²) in [5, 5.41) is 6.08. The van der Waals surface area contributed by atoms with Crippen molar-refractivity contribution in [2.45, 2.75) is 13.5 Å². The molecule has 0 aliphatic heterocycles. The van der Waals surface area contributed by atoms with E-state index in [1.165, 1.54) is 27.6 Å². The van der Waals surface area contributed by atoms with Crippen LogP contribution in [0.5, 0.6) is 0 Å². The number of halogens is 1. The van der Waals surface area contributed by atoms with Gasteiger partial charge in [0.05, 0.1) is 0 Å². The SMILES string of the molecule is Cc1ccc(Br)cc1NCc1ccc2ccccc2c1. The molecule has 0 aromatic heterocycles. The molecule has 0 atom stereocenters. The molecule has 1 N–H and O–H groups in total. The maximum Gasteiger partial charge on any atom is 0.0401 e. The van der Waals surface area contributed by atoms with Crippen LogP contribution in [0.3, 0.4) is 0 Å². The van der Waals surface area contributed by atoms with Crippen LogP contribution in [0.25, 0.3) is 10.8 Å². The Bertz CT molecular complexity index is 749. The Labute approximate surface area is 127 Å². The van der Waals surface area contributed by atoms with Crippen molar-refractivity contribution in [2.75, 3.05) is 5.32 Å². The first-order chi connectivity index (χ1) is 9.72. The van der Waals surface area contributed by atoms with Crippen molar-refractivity contribution in [3.8, 4) is 0 Å². The van der Waals surface area contributed by atoms with Gasteiger partial charge < -0.3 is 5.32 Å². The fraction of sp³-hybridized carbons (Fsp3) is 0.111. The van der Waals surface area contributed by atoms with Gasteiger partial charge >= 0.3 is 0 Å². The molecule has 0 bridgehead atoms.